The molecular formula is C30H30N8O2. The van der Waals surface area contributed by atoms with Gasteiger partial charge < -0.3 is 16.4 Å². The fraction of sp³-hybridized carbons (Fsp3) is 0.233. The number of aromatic nitrogens is 3. The van der Waals surface area contributed by atoms with Gasteiger partial charge in [-0.25, -0.2) is 14.5 Å². The number of primary amides is 1. The van der Waals surface area contributed by atoms with Crippen LogP contribution in [0.2, 0.25) is 0 Å². The first-order valence-corrected chi connectivity index (χ1v) is 13.2. The first kappa shape index (κ1) is 26.4. The average molecular weight is 535 g/mol. The fourth-order valence-electron chi connectivity index (χ4n) is 4.94. The minimum atomic E-state index is -0.538. The van der Waals surface area contributed by atoms with Gasteiger partial charge in [0.15, 0.2) is 0 Å². The molecule has 0 unspecified atom stereocenters. The van der Waals surface area contributed by atoms with Gasteiger partial charge in [0.2, 0.25) is 0 Å². The number of nitrogens with one attached hydrogen (secondary N) is 2. The molecule has 1 aliphatic carbocycles. The van der Waals surface area contributed by atoms with Crippen LogP contribution in [0, 0.1) is 11.3 Å². The average Bonchev–Trinajstić information content (AvgIpc) is 3.49. The van der Waals surface area contributed by atoms with E-state index in [0.29, 0.717) is 17.7 Å². The second-order valence-corrected chi connectivity index (χ2v) is 9.76. The van der Waals surface area contributed by atoms with Crippen molar-refractivity contribution >= 4 is 23.4 Å². The van der Waals surface area contributed by atoms with Crippen LogP contribution < -0.4 is 21.3 Å². The SMILES string of the molecule is N#Cc1ccc(NC2CCC(N(C(=O)NCc3ccccc3)c3ccc(-n4cc(C(N)=O)cn4)cc3)CC2)nc1. The van der Waals surface area contributed by atoms with Gasteiger partial charge in [0.05, 0.1) is 23.0 Å². The van der Waals surface area contributed by atoms with Gasteiger partial charge in [0.25, 0.3) is 5.91 Å². The maximum absolute atomic E-state index is 13.6. The summed E-state index contributed by atoms with van der Waals surface area (Å²) in [4.78, 5) is 31.2. The van der Waals surface area contributed by atoms with Gasteiger partial charge in [-0.3, -0.25) is 9.69 Å². The lowest BCUT2D eigenvalue weighted by Gasteiger charge is -2.37. The Kier molecular flexibility index (Phi) is 8.02. The predicted molar refractivity (Wildman–Crippen MR) is 152 cm³/mol. The molecule has 1 saturated carbocycles. The molecule has 0 atom stereocenters. The topological polar surface area (TPSA) is 142 Å². The van der Waals surface area contributed by atoms with E-state index in [1.165, 1.54) is 6.20 Å². The fourth-order valence-corrected chi connectivity index (χ4v) is 4.94. The van der Waals surface area contributed by atoms with Gasteiger partial charge >= 0.3 is 6.03 Å². The molecule has 10 nitrogen and oxygen atoms in total. The van der Waals surface area contributed by atoms with Crippen LogP contribution in [0.5, 0.6) is 0 Å². The van der Waals surface area contributed by atoms with Crippen molar-refractivity contribution in [3.05, 3.63) is 102 Å². The molecule has 5 rings (SSSR count). The molecule has 40 heavy (non-hydrogen) atoms. The van der Waals surface area contributed by atoms with E-state index in [9.17, 15) is 9.59 Å². The molecule has 0 bridgehead atoms. The van der Waals surface area contributed by atoms with E-state index in [-0.39, 0.29) is 18.1 Å². The molecule has 202 valence electrons. The summed E-state index contributed by atoms with van der Waals surface area (Å²) in [5.41, 5.74) is 8.77. The first-order valence-electron chi connectivity index (χ1n) is 13.2. The number of hydrogen-bond acceptors (Lipinski definition) is 6. The lowest BCUT2D eigenvalue weighted by Crippen LogP contribution is -2.48. The first-order chi connectivity index (χ1) is 19.5. The Balaban J connectivity index is 1.30. The van der Waals surface area contributed by atoms with Crippen LogP contribution in [0.25, 0.3) is 5.69 Å². The van der Waals surface area contributed by atoms with Crippen LogP contribution in [0.1, 0.15) is 47.2 Å². The van der Waals surface area contributed by atoms with Gasteiger partial charge in [-0.15, -0.1) is 0 Å². The Labute approximate surface area is 232 Å². The molecule has 1 fully saturated rings. The number of hydrogen-bond donors (Lipinski definition) is 3. The Morgan fingerprint density at radius 3 is 2.38 bits per heavy atom. The third kappa shape index (κ3) is 6.27. The van der Waals surface area contributed by atoms with Crippen molar-refractivity contribution in [3.63, 3.8) is 0 Å². The number of rotatable bonds is 8. The minimum Gasteiger partial charge on any atom is -0.367 e. The summed E-state index contributed by atoms with van der Waals surface area (Å²) < 4.78 is 1.58. The smallest absolute Gasteiger partial charge is 0.322 e. The zero-order chi connectivity index (χ0) is 27.9. The monoisotopic (exact) mass is 534 g/mol. The molecule has 4 aromatic rings. The van der Waals surface area contributed by atoms with E-state index in [1.54, 1.807) is 23.1 Å². The minimum absolute atomic E-state index is 0.0137. The van der Waals surface area contributed by atoms with E-state index in [2.05, 4.69) is 26.8 Å². The summed E-state index contributed by atoms with van der Waals surface area (Å²) in [7, 11) is 0. The van der Waals surface area contributed by atoms with E-state index in [0.717, 1.165) is 48.4 Å². The summed E-state index contributed by atoms with van der Waals surface area (Å²) in [5, 5.41) is 19.8. The van der Waals surface area contributed by atoms with Crippen molar-refractivity contribution in [2.24, 2.45) is 5.73 Å². The number of benzene rings is 2. The molecular weight excluding hydrogens is 504 g/mol. The van der Waals surface area contributed by atoms with Gasteiger partial charge in [0.1, 0.15) is 11.9 Å². The summed E-state index contributed by atoms with van der Waals surface area (Å²) in [6.45, 7) is 0.429. The van der Waals surface area contributed by atoms with Gasteiger partial charge in [-0.05, 0) is 67.6 Å². The molecule has 2 heterocycles. The molecule has 0 spiro atoms. The zero-order valence-electron chi connectivity index (χ0n) is 21.9. The third-order valence-corrected chi connectivity index (χ3v) is 7.07. The Bertz CT molecular complexity index is 1490. The number of carbonyl (C=O) groups is 2. The van der Waals surface area contributed by atoms with Crippen molar-refractivity contribution < 1.29 is 9.59 Å². The van der Waals surface area contributed by atoms with Crippen molar-refractivity contribution in [2.45, 2.75) is 44.3 Å². The van der Waals surface area contributed by atoms with E-state index < -0.39 is 5.91 Å². The molecule has 0 saturated heterocycles. The molecule has 10 heteroatoms. The van der Waals surface area contributed by atoms with Crippen molar-refractivity contribution in [1.82, 2.24) is 20.1 Å². The highest BCUT2D eigenvalue weighted by molar-refractivity contribution is 5.93. The molecule has 3 amide bonds. The second-order valence-electron chi connectivity index (χ2n) is 9.76. The van der Waals surface area contributed by atoms with Gasteiger partial charge in [-0.1, -0.05) is 30.3 Å². The van der Waals surface area contributed by atoms with Crippen LogP contribution >= 0.6 is 0 Å². The van der Waals surface area contributed by atoms with Crippen LogP contribution in [0.4, 0.5) is 16.3 Å². The summed E-state index contributed by atoms with van der Waals surface area (Å²) in [6.07, 6.45) is 7.95. The highest BCUT2D eigenvalue weighted by Gasteiger charge is 2.30. The molecule has 4 N–H and O–H groups in total. The number of anilines is 2. The second kappa shape index (κ2) is 12.1. The quantitative estimate of drug-likeness (QED) is 0.306. The highest BCUT2D eigenvalue weighted by atomic mass is 16.2. The lowest BCUT2D eigenvalue weighted by molar-refractivity contribution is 0.1000. The van der Waals surface area contributed by atoms with Crippen LogP contribution in [0.3, 0.4) is 0 Å². The lowest BCUT2D eigenvalue weighted by atomic mass is 9.90. The summed E-state index contributed by atoms with van der Waals surface area (Å²) in [6, 6.07) is 23.1. The van der Waals surface area contributed by atoms with Gasteiger partial charge in [-0.2, -0.15) is 10.4 Å². The Morgan fingerprint density at radius 1 is 1.00 bits per heavy atom. The predicted octanol–water partition coefficient (Wildman–Crippen LogP) is 4.38. The number of nitrogens with two attached hydrogens (primary N) is 1. The van der Waals surface area contributed by atoms with E-state index in [4.69, 9.17) is 11.0 Å². The number of pyridine rings is 1. The molecule has 0 radical (unpaired) electrons. The van der Waals surface area contributed by atoms with Crippen LogP contribution in [-0.2, 0) is 6.54 Å². The standard InChI is InChI=1S/C30H30N8O2/c31-16-22-6-15-28(33-18-22)36-24-7-9-26(10-8-24)38(30(40)34-17-21-4-2-1-3-5-21)27-13-11-25(12-14-27)37-20-23(19-35-37)29(32)39/h1-6,11-15,18-20,24,26H,7-10,17H2,(H2,32,39)(H,33,36)(H,34,40). The van der Waals surface area contributed by atoms with Crippen molar-refractivity contribution in [2.75, 3.05) is 10.2 Å². The van der Waals surface area contributed by atoms with Crippen molar-refractivity contribution in [3.8, 4) is 11.8 Å². The van der Waals surface area contributed by atoms with Crippen LogP contribution in [-0.4, -0.2) is 38.8 Å². The van der Waals surface area contributed by atoms with Crippen LogP contribution in [0.15, 0.2) is 85.3 Å². The number of amides is 3. The molecule has 2 aromatic carbocycles. The van der Waals surface area contributed by atoms with Gasteiger partial charge in [0, 0.05) is 36.7 Å². The molecule has 0 aliphatic heterocycles. The summed E-state index contributed by atoms with van der Waals surface area (Å²) >= 11 is 0. The largest absolute Gasteiger partial charge is 0.367 e. The third-order valence-electron chi connectivity index (χ3n) is 7.07. The number of urea groups is 1. The van der Waals surface area contributed by atoms with E-state index in [1.807, 2.05) is 65.6 Å². The number of nitrogens with zero attached hydrogens (tertiary/aromatic N) is 5. The van der Waals surface area contributed by atoms with E-state index >= 15 is 0 Å². The zero-order valence-corrected chi connectivity index (χ0v) is 21.9. The Hall–Kier alpha value is -5.17. The Morgan fingerprint density at radius 2 is 1.75 bits per heavy atom. The normalized spacial score (nSPS) is 16.5. The van der Waals surface area contributed by atoms with Crippen molar-refractivity contribution in [1.29, 1.82) is 5.26 Å². The molecule has 2 aromatic heterocycles. The maximum Gasteiger partial charge on any atom is 0.322 e. The maximum atomic E-state index is 13.6. The highest BCUT2D eigenvalue weighted by Crippen LogP contribution is 2.30. The number of carbonyl (C=O) groups excluding carboxylic acids is 2. The summed E-state index contributed by atoms with van der Waals surface area (Å²) in [5.74, 6) is 0.206. The molecule has 1 aliphatic rings. The number of nitriles is 1.